The summed E-state index contributed by atoms with van der Waals surface area (Å²) in [7, 11) is 0. The number of ether oxygens (including phenoxy) is 1. The zero-order chi connectivity index (χ0) is 20.5. The number of amides is 3. The predicted octanol–water partition coefficient (Wildman–Crippen LogP) is 2.96. The number of carbonyl (C=O) groups excluding carboxylic acids is 3. The predicted molar refractivity (Wildman–Crippen MR) is 110 cm³/mol. The molecule has 0 spiro atoms. The third-order valence-corrected chi connectivity index (χ3v) is 5.34. The minimum absolute atomic E-state index is 0.0499. The van der Waals surface area contributed by atoms with Gasteiger partial charge in [-0.05, 0) is 43.2 Å². The number of hydrogen-bond acceptors (Lipinski definition) is 4. The van der Waals surface area contributed by atoms with E-state index >= 15 is 0 Å². The Labute approximate surface area is 169 Å². The van der Waals surface area contributed by atoms with Crippen LogP contribution in [0.4, 0.5) is 17.1 Å². The Hall–Kier alpha value is -3.35. The fourth-order valence-electron chi connectivity index (χ4n) is 3.72. The third kappa shape index (κ3) is 3.68. The third-order valence-electron chi connectivity index (χ3n) is 5.34. The summed E-state index contributed by atoms with van der Waals surface area (Å²) < 4.78 is 5.53. The van der Waals surface area contributed by atoms with Crippen LogP contribution in [0.5, 0.6) is 5.75 Å². The first-order valence-electron chi connectivity index (χ1n) is 9.77. The molecule has 2 unspecified atom stereocenters. The summed E-state index contributed by atoms with van der Waals surface area (Å²) in [5.74, 6) is -0.368. The van der Waals surface area contributed by atoms with Crippen molar-refractivity contribution in [2.75, 3.05) is 22.1 Å². The van der Waals surface area contributed by atoms with Gasteiger partial charge in [0.2, 0.25) is 11.8 Å². The van der Waals surface area contributed by atoms with Crippen LogP contribution >= 0.6 is 0 Å². The quantitative estimate of drug-likeness (QED) is 0.836. The van der Waals surface area contributed by atoms with E-state index in [0.717, 1.165) is 17.7 Å². The van der Waals surface area contributed by atoms with Crippen molar-refractivity contribution in [2.24, 2.45) is 5.92 Å². The van der Waals surface area contributed by atoms with Crippen LogP contribution in [0.25, 0.3) is 0 Å². The number of aryl methyl sites for hydroxylation is 1. The van der Waals surface area contributed by atoms with Crippen LogP contribution in [0.3, 0.4) is 0 Å². The summed E-state index contributed by atoms with van der Waals surface area (Å²) >= 11 is 0. The van der Waals surface area contributed by atoms with E-state index in [1.807, 2.05) is 31.2 Å². The highest BCUT2D eigenvalue weighted by molar-refractivity contribution is 6.04. The number of hydrogen-bond donors (Lipinski definition) is 2. The molecule has 0 aliphatic carbocycles. The van der Waals surface area contributed by atoms with Crippen molar-refractivity contribution in [2.45, 2.75) is 32.8 Å². The number of anilines is 3. The van der Waals surface area contributed by atoms with Crippen molar-refractivity contribution in [3.63, 3.8) is 0 Å². The van der Waals surface area contributed by atoms with Crippen LogP contribution in [0.1, 0.15) is 25.8 Å². The lowest BCUT2D eigenvalue weighted by Crippen LogP contribution is -2.34. The van der Waals surface area contributed by atoms with Gasteiger partial charge in [0.25, 0.3) is 5.91 Å². The Morgan fingerprint density at radius 2 is 2.03 bits per heavy atom. The molecule has 29 heavy (non-hydrogen) atoms. The molecule has 7 nitrogen and oxygen atoms in total. The number of nitrogens with one attached hydrogen (secondary N) is 2. The van der Waals surface area contributed by atoms with Crippen molar-refractivity contribution in [1.82, 2.24) is 0 Å². The van der Waals surface area contributed by atoms with E-state index in [9.17, 15) is 14.4 Å². The van der Waals surface area contributed by atoms with Crippen LogP contribution in [-0.2, 0) is 20.8 Å². The summed E-state index contributed by atoms with van der Waals surface area (Å²) in [6.07, 6.45) is 0.439. The Kier molecular flexibility index (Phi) is 4.96. The number of nitrogens with zero attached hydrogens (tertiary/aromatic N) is 1. The molecule has 0 saturated carbocycles. The van der Waals surface area contributed by atoms with Gasteiger partial charge in [0.15, 0.2) is 6.10 Å². The fourth-order valence-corrected chi connectivity index (χ4v) is 3.72. The van der Waals surface area contributed by atoms with Crippen molar-refractivity contribution >= 4 is 34.8 Å². The summed E-state index contributed by atoms with van der Waals surface area (Å²) in [4.78, 5) is 38.8. The highest BCUT2D eigenvalue weighted by Gasteiger charge is 2.36. The lowest BCUT2D eigenvalue weighted by atomic mass is 10.1. The van der Waals surface area contributed by atoms with Crippen LogP contribution in [0.2, 0.25) is 0 Å². The first-order valence-corrected chi connectivity index (χ1v) is 9.77. The average molecular weight is 393 g/mol. The molecule has 2 aliphatic heterocycles. The molecule has 0 bridgehead atoms. The molecule has 0 aromatic heterocycles. The van der Waals surface area contributed by atoms with Gasteiger partial charge in [-0.25, -0.2) is 0 Å². The van der Waals surface area contributed by atoms with Gasteiger partial charge < -0.3 is 20.3 Å². The van der Waals surface area contributed by atoms with E-state index in [1.54, 1.807) is 30.0 Å². The van der Waals surface area contributed by atoms with E-state index < -0.39 is 12.0 Å². The second kappa shape index (κ2) is 7.58. The lowest BCUT2D eigenvalue weighted by Gasteiger charge is -2.24. The fraction of sp³-hybridized carbons (Fsp3) is 0.318. The number of para-hydroxylation sites is 1. The van der Waals surface area contributed by atoms with Crippen molar-refractivity contribution < 1.29 is 19.1 Å². The Balaban J connectivity index is 1.47. The largest absolute Gasteiger partial charge is 0.479 e. The van der Waals surface area contributed by atoms with Gasteiger partial charge in [0.05, 0.1) is 11.6 Å². The molecular formula is C22H23N3O4. The number of carbonyl (C=O) groups is 3. The topological polar surface area (TPSA) is 87.7 Å². The van der Waals surface area contributed by atoms with Gasteiger partial charge in [-0.3, -0.25) is 14.4 Å². The number of benzene rings is 2. The van der Waals surface area contributed by atoms with Gasteiger partial charge >= 0.3 is 0 Å². The Bertz CT molecular complexity index is 988. The summed E-state index contributed by atoms with van der Waals surface area (Å²) in [5.41, 5.74) is 3.03. The molecule has 2 aliphatic rings. The molecule has 1 saturated heterocycles. The Morgan fingerprint density at radius 1 is 1.24 bits per heavy atom. The second-order valence-corrected chi connectivity index (χ2v) is 7.34. The minimum atomic E-state index is -0.551. The van der Waals surface area contributed by atoms with Gasteiger partial charge in [0.1, 0.15) is 5.75 Å². The average Bonchev–Trinajstić information content (AvgIpc) is 3.10. The van der Waals surface area contributed by atoms with Gasteiger partial charge in [-0.15, -0.1) is 0 Å². The molecule has 2 aromatic carbocycles. The first-order chi connectivity index (χ1) is 14.0. The SMILES string of the molecule is CCc1ccccc1N1CC(C(=O)Nc2ccc3c(c2)NC(=O)C(C)O3)CC1=O. The molecule has 2 N–H and O–H groups in total. The number of rotatable bonds is 4. The first kappa shape index (κ1) is 19.0. The molecule has 2 heterocycles. The summed E-state index contributed by atoms with van der Waals surface area (Å²) in [5, 5.41) is 5.62. The molecule has 7 heteroatoms. The van der Waals surface area contributed by atoms with E-state index in [2.05, 4.69) is 10.6 Å². The maximum atomic E-state index is 12.8. The van der Waals surface area contributed by atoms with E-state index in [0.29, 0.717) is 23.7 Å². The summed E-state index contributed by atoms with van der Waals surface area (Å²) in [6, 6.07) is 12.9. The highest BCUT2D eigenvalue weighted by atomic mass is 16.5. The molecule has 2 atom stereocenters. The molecule has 150 valence electrons. The Morgan fingerprint density at radius 3 is 2.83 bits per heavy atom. The van der Waals surface area contributed by atoms with Crippen LogP contribution < -0.4 is 20.3 Å². The van der Waals surface area contributed by atoms with E-state index in [4.69, 9.17) is 4.74 Å². The zero-order valence-electron chi connectivity index (χ0n) is 16.4. The van der Waals surface area contributed by atoms with Gasteiger partial charge in [-0.2, -0.15) is 0 Å². The monoisotopic (exact) mass is 393 g/mol. The van der Waals surface area contributed by atoms with Crippen LogP contribution in [-0.4, -0.2) is 30.4 Å². The molecule has 4 rings (SSSR count). The van der Waals surface area contributed by atoms with Crippen molar-refractivity contribution in [1.29, 1.82) is 0 Å². The highest BCUT2D eigenvalue weighted by Crippen LogP contribution is 2.33. The minimum Gasteiger partial charge on any atom is -0.479 e. The zero-order valence-corrected chi connectivity index (χ0v) is 16.4. The molecule has 1 fully saturated rings. The van der Waals surface area contributed by atoms with Gasteiger partial charge in [-0.1, -0.05) is 25.1 Å². The van der Waals surface area contributed by atoms with Gasteiger partial charge in [0, 0.05) is 24.3 Å². The summed E-state index contributed by atoms with van der Waals surface area (Å²) in [6.45, 7) is 4.07. The number of fused-ring (bicyclic) bond motifs is 1. The normalized spacial score (nSPS) is 20.7. The van der Waals surface area contributed by atoms with Crippen molar-refractivity contribution in [3.8, 4) is 5.75 Å². The molecular weight excluding hydrogens is 370 g/mol. The maximum absolute atomic E-state index is 12.8. The molecule has 2 aromatic rings. The van der Waals surface area contributed by atoms with Crippen LogP contribution in [0.15, 0.2) is 42.5 Å². The van der Waals surface area contributed by atoms with Crippen molar-refractivity contribution in [3.05, 3.63) is 48.0 Å². The van der Waals surface area contributed by atoms with E-state index in [-0.39, 0.29) is 24.1 Å². The standard InChI is InChI=1S/C22H23N3O4/c1-3-14-6-4-5-7-18(14)25-12-15(10-20(25)26)22(28)23-16-8-9-19-17(11-16)24-21(27)13(2)29-19/h4-9,11,13,15H,3,10,12H2,1-2H3,(H,23,28)(H,24,27). The molecule has 0 radical (unpaired) electrons. The van der Waals surface area contributed by atoms with E-state index in [1.165, 1.54) is 0 Å². The smallest absolute Gasteiger partial charge is 0.265 e. The second-order valence-electron chi connectivity index (χ2n) is 7.34. The van der Waals surface area contributed by atoms with Crippen LogP contribution in [0, 0.1) is 5.92 Å². The maximum Gasteiger partial charge on any atom is 0.265 e. The lowest BCUT2D eigenvalue weighted by molar-refractivity contribution is -0.122. The molecule has 3 amide bonds.